The van der Waals surface area contributed by atoms with E-state index in [-0.39, 0.29) is 12.0 Å². The predicted molar refractivity (Wildman–Crippen MR) is 69.0 cm³/mol. The summed E-state index contributed by atoms with van der Waals surface area (Å²) in [5.41, 5.74) is 0. The molecule has 2 N–H and O–H groups in total. The zero-order chi connectivity index (χ0) is 13.7. The van der Waals surface area contributed by atoms with Crippen LogP contribution in [0, 0.1) is 5.92 Å². The molecule has 102 valence electrons. The quantitative estimate of drug-likeness (QED) is 0.878. The number of rotatable bonds is 3. The second-order valence-corrected chi connectivity index (χ2v) is 4.73. The van der Waals surface area contributed by atoms with Crippen molar-refractivity contribution in [1.29, 1.82) is 0 Å². The minimum absolute atomic E-state index is 0.00631. The smallest absolute Gasteiger partial charge is 0.412 e. The lowest BCUT2D eigenvalue weighted by atomic mass is 9.86. The molecule has 1 aliphatic carbocycles. The van der Waals surface area contributed by atoms with Crippen LogP contribution in [0.4, 0.5) is 4.79 Å². The van der Waals surface area contributed by atoms with Crippen molar-refractivity contribution < 1.29 is 19.4 Å². The first kappa shape index (κ1) is 13.4. The normalized spacial score (nSPS) is 22.5. The zero-order valence-electron chi connectivity index (χ0n) is 10.5. The van der Waals surface area contributed by atoms with E-state index in [1.54, 1.807) is 24.3 Å². The molecule has 0 spiro atoms. The molecule has 0 radical (unpaired) electrons. The summed E-state index contributed by atoms with van der Waals surface area (Å²) in [7, 11) is 0. The first-order valence-electron chi connectivity index (χ1n) is 6.41. The van der Waals surface area contributed by atoms with E-state index in [0.29, 0.717) is 31.4 Å². The number of hydrogen-bond donors (Lipinski definition) is 2. The monoisotopic (exact) mass is 263 g/mol. The fraction of sp³-hybridized carbons (Fsp3) is 0.429. The van der Waals surface area contributed by atoms with E-state index in [1.807, 2.05) is 6.07 Å². The molecule has 1 aromatic rings. The lowest BCUT2D eigenvalue weighted by Gasteiger charge is -2.26. The van der Waals surface area contributed by atoms with Crippen molar-refractivity contribution in [3.8, 4) is 5.75 Å². The molecule has 1 aromatic carbocycles. The van der Waals surface area contributed by atoms with E-state index in [1.165, 1.54) is 0 Å². The second-order valence-electron chi connectivity index (χ2n) is 4.73. The number of carboxylic acids is 1. The fourth-order valence-corrected chi connectivity index (χ4v) is 2.28. The number of hydrogen-bond acceptors (Lipinski definition) is 3. The molecule has 0 unspecified atom stereocenters. The maximum Gasteiger partial charge on any atom is 0.412 e. The second kappa shape index (κ2) is 6.22. The van der Waals surface area contributed by atoms with Crippen molar-refractivity contribution in [3.05, 3.63) is 30.3 Å². The summed E-state index contributed by atoms with van der Waals surface area (Å²) < 4.78 is 5.13. The van der Waals surface area contributed by atoms with Gasteiger partial charge in [-0.3, -0.25) is 4.79 Å². The van der Waals surface area contributed by atoms with Gasteiger partial charge < -0.3 is 15.2 Å². The van der Waals surface area contributed by atoms with Gasteiger partial charge in [-0.05, 0) is 37.8 Å². The van der Waals surface area contributed by atoms with Crippen molar-refractivity contribution in [2.45, 2.75) is 31.7 Å². The van der Waals surface area contributed by atoms with Crippen LogP contribution in [0.2, 0.25) is 0 Å². The minimum atomic E-state index is -0.745. The number of ether oxygens (including phenoxy) is 1. The highest BCUT2D eigenvalue weighted by atomic mass is 16.6. The molecule has 0 saturated heterocycles. The van der Waals surface area contributed by atoms with Gasteiger partial charge in [0, 0.05) is 6.04 Å². The minimum Gasteiger partial charge on any atom is -0.481 e. The number of carboxylic acid groups (broad SMARTS) is 1. The Labute approximate surface area is 111 Å². The number of amides is 1. The number of para-hydroxylation sites is 1. The van der Waals surface area contributed by atoms with E-state index in [4.69, 9.17) is 9.84 Å². The Hall–Kier alpha value is -2.04. The highest BCUT2D eigenvalue weighted by Crippen LogP contribution is 2.24. The van der Waals surface area contributed by atoms with Crippen LogP contribution in [0.25, 0.3) is 0 Å². The van der Waals surface area contributed by atoms with Gasteiger partial charge in [-0.15, -0.1) is 0 Å². The molecule has 0 aromatic heterocycles. The van der Waals surface area contributed by atoms with Gasteiger partial charge in [0.15, 0.2) is 0 Å². The van der Waals surface area contributed by atoms with Crippen LogP contribution in [0.3, 0.4) is 0 Å². The first-order valence-corrected chi connectivity index (χ1v) is 6.41. The van der Waals surface area contributed by atoms with Gasteiger partial charge in [0.2, 0.25) is 0 Å². The van der Waals surface area contributed by atoms with Gasteiger partial charge in [0.05, 0.1) is 5.92 Å². The number of carbonyl (C=O) groups is 2. The highest BCUT2D eigenvalue weighted by molar-refractivity contribution is 5.71. The number of benzene rings is 1. The molecule has 0 bridgehead atoms. The molecule has 5 nitrogen and oxygen atoms in total. The van der Waals surface area contributed by atoms with E-state index < -0.39 is 12.1 Å². The van der Waals surface area contributed by atoms with Crippen molar-refractivity contribution in [2.75, 3.05) is 0 Å². The maximum absolute atomic E-state index is 11.6. The van der Waals surface area contributed by atoms with Crippen molar-refractivity contribution in [2.24, 2.45) is 5.92 Å². The lowest BCUT2D eigenvalue weighted by molar-refractivity contribution is -0.142. The van der Waals surface area contributed by atoms with Crippen LogP contribution in [0.5, 0.6) is 5.75 Å². The van der Waals surface area contributed by atoms with Crippen LogP contribution in [-0.2, 0) is 4.79 Å². The van der Waals surface area contributed by atoms with Crippen LogP contribution in [0.1, 0.15) is 25.7 Å². The highest BCUT2D eigenvalue weighted by Gasteiger charge is 2.26. The predicted octanol–water partition coefficient (Wildman–Crippen LogP) is 2.42. The van der Waals surface area contributed by atoms with Crippen LogP contribution in [-0.4, -0.2) is 23.2 Å². The number of nitrogens with one attached hydrogen (secondary N) is 1. The summed E-state index contributed by atoms with van der Waals surface area (Å²) in [6.45, 7) is 0. The van der Waals surface area contributed by atoms with Crippen molar-refractivity contribution in [3.63, 3.8) is 0 Å². The molecule has 1 saturated carbocycles. The Balaban J connectivity index is 1.76. The maximum atomic E-state index is 11.6. The van der Waals surface area contributed by atoms with Gasteiger partial charge in [0.25, 0.3) is 0 Å². The summed E-state index contributed by atoms with van der Waals surface area (Å²) in [6.07, 6.45) is 2.09. The SMILES string of the molecule is O=C(NC1CCC(C(=O)O)CC1)Oc1ccccc1. The van der Waals surface area contributed by atoms with Gasteiger partial charge in [-0.25, -0.2) is 4.79 Å². The Kier molecular flexibility index (Phi) is 4.39. The molecule has 2 rings (SSSR count). The van der Waals surface area contributed by atoms with Gasteiger partial charge in [-0.2, -0.15) is 0 Å². The fourth-order valence-electron chi connectivity index (χ4n) is 2.28. The number of carbonyl (C=O) groups excluding carboxylic acids is 1. The van der Waals surface area contributed by atoms with Crippen LogP contribution < -0.4 is 10.1 Å². The summed E-state index contributed by atoms with van der Waals surface area (Å²) in [6, 6.07) is 8.85. The van der Waals surface area contributed by atoms with Gasteiger partial charge in [-0.1, -0.05) is 18.2 Å². The first-order chi connectivity index (χ1) is 9.15. The Morgan fingerprint density at radius 3 is 2.32 bits per heavy atom. The molecule has 0 heterocycles. The van der Waals surface area contributed by atoms with Gasteiger partial charge in [0.1, 0.15) is 5.75 Å². The molecular weight excluding hydrogens is 246 g/mol. The molecule has 0 aliphatic heterocycles. The van der Waals surface area contributed by atoms with Crippen LogP contribution >= 0.6 is 0 Å². The Bertz CT molecular complexity index is 438. The summed E-state index contributed by atoms with van der Waals surface area (Å²) in [5.74, 6) is -0.521. The van der Waals surface area contributed by atoms with Crippen LogP contribution in [0.15, 0.2) is 30.3 Å². The summed E-state index contributed by atoms with van der Waals surface area (Å²) in [5, 5.41) is 11.7. The standard InChI is InChI=1S/C14H17NO4/c16-13(17)10-6-8-11(9-7-10)15-14(18)19-12-4-2-1-3-5-12/h1-5,10-11H,6-9H2,(H,15,18)(H,16,17). The summed E-state index contributed by atoms with van der Waals surface area (Å²) in [4.78, 5) is 22.5. The lowest BCUT2D eigenvalue weighted by Crippen LogP contribution is -2.40. The molecule has 1 aliphatic rings. The molecule has 1 fully saturated rings. The third kappa shape index (κ3) is 3.98. The molecule has 5 heteroatoms. The van der Waals surface area contributed by atoms with Gasteiger partial charge >= 0.3 is 12.1 Å². The largest absolute Gasteiger partial charge is 0.481 e. The molecule has 19 heavy (non-hydrogen) atoms. The van der Waals surface area contributed by atoms with E-state index in [9.17, 15) is 9.59 Å². The Morgan fingerprint density at radius 1 is 1.11 bits per heavy atom. The average Bonchev–Trinajstić information content (AvgIpc) is 2.40. The van der Waals surface area contributed by atoms with E-state index >= 15 is 0 Å². The average molecular weight is 263 g/mol. The van der Waals surface area contributed by atoms with Crippen molar-refractivity contribution >= 4 is 12.1 Å². The Morgan fingerprint density at radius 2 is 1.74 bits per heavy atom. The van der Waals surface area contributed by atoms with E-state index in [2.05, 4.69) is 5.32 Å². The van der Waals surface area contributed by atoms with E-state index in [0.717, 1.165) is 0 Å². The number of aliphatic carboxylic acids is 1. The zero-order valence-corrected chi connectivity index (χ0v) is 10.5. The topological polar surface area (TPSA) is 75.6 Å². The molecule has 0 atom stereocenters. The summed E-state index contributed by atoms with van der Waals surface area (Å²) >= 11 is 0. The van der Waals surface area contributed by atoms with Crippen molar-refractivity contribution in [1.82, 2.24) is 5.32 Å². The third-order valence-electron chi connectivity index (χ3n) is 3.35. The molecular formula is C14H17NO4. The molecule has 1 amide bonds. The third-order valence-corrected chi connectivity index (χ3v) is 3.35.